The van der Waals surface area contributed by atoms with E-state index in [0.717, 1.165) is 13.1 Å². The molecule has 0 aliphatic heterocycles. The van der Waals surface area contributed by atoms with Crippen LogP contribution < -0.4 is 5.32 Å². The van der Waals surface area contributed by atoms with E-state index in [4.69, 9.17) is 0 Å². The van der Waals surface area contributed by atoms with Crippen LogP contribution in [-0.4, -0.2) is 18.9 Å². The molecule has 0 bridgehead atoms. The average Bonchev–Trinajstić information content (AvgIpc) is 2.20. The second-order valence-electron chi connectivity index (χ2n) is 2.32. The number of nitrogens with one attached hydrogen (secondary N) is 1. The smallest absolute Gasteiger partial charge is 0.133 e. The van der Waals surface area contributed by atoms with Crippen molar-refractivity contribution in [2.75, 3.05) is 13.1 Å². The Bertz CT molecular complexity index is 92.1. The molecule has 0 saturated carbocycles. The maximum atomic E-state index is 10.6. The van der Waals surface area contributed by atoms with Crippen LogP contribution in [0.25, 0.3) is 0 Å². The third-order valence-corrected chi connectivity index (χ3v) is 1.39. The van der Waals surface area contributed by atoms with Crippen molar-refractivity contribution in [1.29, 1.82) is 0 Å². The van der Waals surface area contributed by atoms with Gasteiger partial charge in [-0.25, -0.2) is 0 Å². The second-order valence-corrected chi connectivity index (χ2v) is 2.32. The first-order valence-corrected chi connectivity index (χ1v) is 5.39. The monoisotopic (exact) mass is 189 g/mol. The lowest BCUT2D eigenvalue weighted by Gasteiger charge is -2.05. The van der Waals surface area contributed by atoms with Crippen LogP contribution in [-0.2, 0) is 4.79 Å². The lowest BCUT2D eigenvalue weighted by Crippen LogP contribution is -2.24. The number of carbonyl (C=O) groups excluding carboxylic acids is 1. The zero-order valence-electron chi connectivity index (χ0n) is 10.4. The normalized spacial score (nSPS) is 10.1. The highest BCUT2D eigenvalue weighted by Gasteiger charge is 2.04. The lowest BCUT2D eigenvalue weighted by atomic mass is 10.1. The van der Waals surface area contributed by atoms with E-state index in [0.29, 0.717) is 0 Å². The zero-order chi connectivity index (χ0) is 11.3. The molecule has 13 heavy (non-hydrogen) atoms. The zero-order valence-corrected chi connectivity index (χ0v) is 10.4. The topological polar surface area (TPSA) is 29.1 Å². The molecule has 0 aliphatic rings. The predicted molar refractivity (Wildman–Crippen MR) is 61.1 cm³/mol. The molecule has 1 atom stereocenters. The lowest BCUT2D eigenvalue weighted by molar-refractivity contribution is -0.120. The van der Waals surface area contributed by atoms with Gasteiger partial charge in [0.15, 0.2) is 0 Å². The maximum absolute atomic E-state index is 10.6. The van der Waals surface area contributed by atoms with Gasteiger partial charge in [0.25, 0.3) is 0 Å². The minimum Gasteiger partial charge on any atom is -0.316 e. The molecular formula is C11H27NO. The predicted octanol–water partition coefficient (Wildman–Crippen LogP) is 2.87. The van der Waals surface area contributed by atoms with Gasteiger partial charge in [0.1, 0.15) is 5.78 Å². The Kier molecular flexibility index (Phi) is 25.0. The first-order chi connectivity index (χ1) is 6.18. The Morgan fingerprint density at radius 1 is 1.23 bits per heavy atom. The second kappa shape index (κ2) is 17.6. The molecule has 0 radical (unpaired) electrons. The van der Waals surface area contributed by atoms with E-state index in [1.165, 1.54) is 0 Å². The van der Waals surface area contributed by atoms with Gasteiger partial charge in [0.2, 0.25) is 0 Å². The summed E-state index contributed by atoms with van der Waals surface area (Å²) in [5, 5.41) is 3.11. The fourth-order valence-corrected chi connectivity index (χ4v) is 0.505. The summed E-state index contributed by atoms with van der Waals surface area (Å²) in [5.41, 5.74) is 0. The van der Waals surface area contributed by atoms with Crippen molar-refractivity contribution in [3.05, 3.63) is 0 Å². The Balaban J connectivity index is -0.000000218. The Labute approximate surface area is 84.1 Å². The average molecular weight is 189 g/mol. The van der Waals surface area contributed by atoms with Crippen molar-refractivity contribution in [3.63, 3.8) is 0 Å². The summed E-state index contributed by atoms with van der Waals surface area (Å²) in [6.07, 6.45) is 0. The molecule has 0 aromatic carbocycles. The van der Waals surface area contributed by atoms with Crippen LogP contribution in [0.5, 0.6) is 0 Å². The first kappa shape index (κ1) is 18.4. The van der Waals surface area contributed by atoms with Crippen LogP contribution in [0.4, 0.5) is 0 Å². The van der Waals surface area contributed by atoms with Gasteiger partial charge in [0.05, 0.1) is 0 Å². The van der Waals surface area contributed by atoms with E-state index in [9.17, 15) is 4.79 Å². The molecule has 0 aromatic heterocycles. The van der Waals surface area contributed by atoms with Gasteiger partial charge in [-0.3, -0.25) is 4.79 Å². The highest BCUT2D eigenvalue weighted by atomic mass is 16.1. The van der Waals surface area contributed by atoms with Crippen LogP contribution in [0.3, 0.4) is 0 Å². The minimum absolute atomic E-state index is 0.171. The van der Waals surface area contributed by atoms with E-state index >= 15 is 0 Å². The molecule has 0 aromatic rings. The first-order valence-electron chi connectivity index (χ1n) is 5.39. The summed E-state index contributed by atoms with van der Waals surface area (Å²) < 4.78 is 0. The summed E-state index contributed by atoms with van der Waals surface area (Å²) in [5.74, 6) is 0.431. The Hall–Kier alpha value is -0.370. The fourth-order valence-electron chi connectivity index (χ4n) is 0.505. The third kappa shape index (κ3) is 18.5. The molecule has 2 heteroatoms. The van der Waals surface area contributed by atoms with Gasteiger partial charge < -0.3 is 5.32 Å². The molecule has 2 nitrogen and oxygen atoms in total. The van der Waals surface area contributed by atoms with Crippen LogP contribution in [0.1, 0.15) is 48.5 Å². The van der Waals surface area contributed by atoms with E-state index in [1.54, 1.807) is 6.92 Å². The maximum Gasteiger partial charge on any atom is 0.133 e. The molecule has 82 valence electrons. The molecule has 0 fully saturated rings. The SMILES string of the molecule is CC.CC.CCNCC(C)C(C)=O. The summed E-state index contributed by atoms with van der Waals surface area (Å²) in [7, 11) is 0. The van der Waals surface area contributed by atoms with Crippen LogP contribution in [0.15, 0.2) is 0 Å². The number of rotatable bonds is 4. The van der Waals surface area contributed by atoms with Gasteiger partial charge in [-0.2, -0.15) is 0 Å². The van der Waals surface area contributed by atoms with E-state index in [-0.39, 0.29) is 11.7 Å². The van der Waals surface area contributed by atoms with Crippen molar-refractivity contribution in [2.45, 2.75) is 48.5 Å². The van der Waals surface area contributed by atoms with Gasteiger partial charge in [0, 0.05) is 12.5 Å². The van der Waals surface area contributed by atoms with Crippen LogP contribution in [0.2, 0.25) is 0 Å². The summed E-state index contributed by atoms with van der Waals surface area (Å²) >= 11 is 0. The quantitative estimate of drug-likeness (QED) is 0.737. The number of carbonyl (C=O) groups is 1. The van der Waals surface area contributed by atoms with Gasteiger partial charge in [-0.15, -0.1) is 0 Å². The Morgan fingerprint density at radius 3 is 1.85 bits per heavy atom. The Morgan fingerprint density at radius 2 is 1.62 bits per heavy atom. The number of Topliss-reactive ketones (excluding diaryl/α,β-unsaturated/α-hetero) is 1. The largest absolute Gasteiger partial charge is 0.316 e. The fraction of sp³-hybridized carbons (Fsp3) is 0.909. The highest BCUT2D eigenvalue weighted by molar-refractivity contribution is 5.78. The highest BCUT2D eigenvalue weighted by Crippen LogP contribution is 1.92. The van der Waals surface area contributed by atoms with Crippen molar-refractivity contribution in [1.82, 2.24) is 5.32 Å². The number of ketones is 1. The van der Waals surface area contributed by atoms with Crippen molar-refractivity contribution < 1.29 is 4.79 Å². The number of hydrogen-bond donors (Lipinski definition) is 1. The minimum atomic E-state index is 0.171. The molecule has 0 heterocycles. The molecule has 0 rings (SSSR count). The van der Waals surface area contributed by atoms with E-state index in [1.807, 2.05) is 41.5 Å². The number of hydrogen-bond acceptors (Lipinski definition) is 2. The third-order valence-electron chi connectivity index (χ3n) is 1.39. The summed E-state index contributed by atoms with van der Waals surface area (Å²) in [4.78, 5) is 10.6. The molecule has 0 saturated heterocycles. The van der Waals surface area contributed by atoms with Crippen molar-refractivity contribution >= 4 is 5.78 Å². The summed E-state index contributed by atoms with van der Waals surface area (Å²) in [6.45, 7) is 15.4. The standard InChI is InChI=1S/C7H15NO.2C2H6/c1-4-8-5-6(2)7(3)9;2*1-2/h6,8H,4-5H2,1-3H3;2*1-2H3. The molecule has 0 aliphatic carbocycles. The van der Waals surface area contributed by atoms with Gasteiger partial charge in [-0.1, -0.05) is 41.5 Å². The molecule has 1 N–H and O–H groups in total. The van der Waals surface area contributed by atoms with Crippen LogP contribution >= 0.6 is 0 Å². The molecule has 1 unspecified atom stereocenters. The molecule has 0 spiro atoms. The molecular weight excluding hydrogens is 162 g/mol. The van der Waals surface area contributed by atoms with Crippen molar-refractivity contribution in [2.24, 2.45) is 5.92 Å². The van der Waals surface area contributed by atoms with E-state index in [2.05, 4.69) is 5.32 Å². The summed E-state index contributed by atoms with van der Waals surface area (Å²) in [6, 6.07) is 0. The van der Waals surface area contributed by atoms with Gasteiger partial charge in [-0.05, 0) is 13.5 Å². The van der Waals surface area contributed by atoms with Gasteiger partial charge >= 0.3 is 0 Å². The van der Waals surface area contributed by atoms with Crippen LogP contribution in [0, 0.1) is 5.92 Å². The molecule has 0 amide bonds. The van der Waals surface area contributed by atoms with E-state index < -0.39 is 0 Å². The van der Waals surface area contributed by atoms with Crippen molar-refractivity contribution in [3.8, 4) is 0 Å².